The smallest absolute Gasteiger partial charge is 0.246 e. The number of nitrogens with zero attached hydrogens (tertiary/aromatic N) is 3. The van der Waals surface area contributed by atoms with Gasteiger partial charge in [0.05, 0.1) is 19.4 Å². The van der Waals surface area contributed by atoms with Gasteiger partial charge in [0.15, 0.2) is 0 Å². The second kappa shape index (κ2) is 12.0. The van der Waals surface area contributed by atoms with Gasteiger partial charge in [0, 0.05) is 37.5 Å². The molecule has 3 rings (SSSR count). The Morgan fingerprint density at radius 1 is 1.06 bits per heavy atom. The second-order valence-corrected chi connectivity index (χ2v) is 8.34. The van der Waals surface area contributed by atoms with Gasteiger partial charge in [-0.25, -0.2) is 4.98 Å². The molecule has 0 saturated carbocycles. The number of carbonyl (C=O) groups excluding carboxylic acids is 2. The van der Waals surface area contributed by atoms with Crippen molar-refractivity contribution < 1.29 is 19.1 Å². The minimum atomic E-state index is -0.326. The first-order valence-corrected chi connectivity index (χ1v) is 11.3. The number of rotatable bonds is 11. The van der Waals surface area contributed by atoms with Crippen molar-refractivity contribution in [2.75, 3.05) is 39.2 Å². The van der Waals surface area contributed by atoms with Crippen LogP contribution in [0.15, 0.2) is 60.8 Å². The number of benzene rings is 2. The van der Waals surface area contributed by atoms with Crippen LogP contribution in [0.2, 0.25) is 0 Å². The van der Waals surface area contributed by atoms with E-state index in [1.165, 1.54) is 4.90 Å². The van der Waals surface area contributed by atoms with Crippen LogP contribution in [0, 0.1) is 5.92 Å². The molecule has 180 valence electrons. The summed E-state index contributed by atoms with van der Waals surface area (Å²) in [5, 5.41) is 2.89. The number of ether oxygens (including phenoxy) is 2. The molecule has 0 fully saturated rings. The van der Waals surface area contributed by atoms with Gasteiger partial charge in [-0.3, -0.25) is 19.5 Å². The molecule has 1 N–H and O–H groups in total. The molecule has 0 radical (unpaired) electrons. The van der Waals surface area contributed by atoms with Crippen molar-refractivity contribution in [3.8, 4) is 22.7 Å². The van der Waals surface area contributed by atoms with Gasteiger partial charge in [-0.2, -0.15) is 0 Å². The first-order chi connectivity index (χ1) is 16.4. The molecule has 34 heavy (non-hydrogen) atoms. The van der Waals surface area contributed by atoms with Crippen LogP contribution in [0.5, 0.6) is 5.75 Å². The highest BCUT2D eigenvalue weighted by molar-refractivity contribution is 5.94. The standard InChI is InChI=1S/C26H32N4O4/c1-19(2)16-25(32)29(14-15-33-3)18-24(31)28-26-27-23(20-8-6-5-7-9-20)17-30(26)21-10-12-22(34-4)13-11-21/h5-13,17,19H,14-16,18H2,1-4H3,(H,27,28,31). The van der Waals surface area contributed by atoms with Crippen molar-refractivity contribution in [2.24, 2.45) is 5.92 Å². The Kier molecular flexibility index (Phi) is 8.81. The number of aromatic nitrogens is 2. The Morgan fingerprint density at radius 2 is 1.76 bits per heavy atom. The van der Waals surface area contributed by atoms with Gasteiger partial charge < -0.3 is 14.4 Å². The number of imidazole rings is 1. The third-order valence-corrected chi connectivity index (χ3v) is 5.21. The maximum Gasteiger partial charge on any atom is 0.246 e. The van der Waals surface area contributed by atoms with Crippen LogP contribution >= 0.6 is 0 Å². The summed E-state index contributed by atoms with van der Waals surface area (Å²) < 4.78 is 12.2. The van der Waals surface area contributed by atoms with E-state index in [0.29, 0.717) is 25.5 Å². The van der Waals surface area contributed by atoms with Crippen LogP contribution in [0.4, 0.5) is 5.95 Å². The number of carbonyl (C=O) groups is 2. The highest BCUT2D eigenvalue weighted by atomic mass is 16.5. The molecular formula is C26H32N4O4. The van der Waals surface area contributed by atoms with E-state index in [1.54, 1.807) is 14.2 Å². The Labute approximate surface area is 200 Å². The van der Waals surface area contributed by atoms with E-state index >= 15 is 0 Å². The maximum absolute atomic E-state index is 13.0. The van der Waals surface area contributed by atoms with Crippen molar-refractivity contribution in [1.29, 1.82) is 0 Å². The molecule has 0 aliphatic carbocycles. The zero-order chi connectivity index (χ0) is 24.5. The fourth-order valence-electron chi connectivity index (χ4n) is 3.47. The molecule has 1 heterocycles. The molecule has 8 nitrogen and oxygen atoms in total. The Morgan fingerprint density at radius 3 is 2.38 bits per heavy atom. The van der Waals surface area contributed by atoms with Crippen LogP contribution in [0.25, 0.3) is 16.9 Å². The normalized spacial score (nSPS) is 10.9. The highest BCUT2D eigenvalue weighted by Gasteiger charge is 2.20. The van der Waals surface area contributed by atoms with Crippen LogP contribution < -0.4 is 10.1 Å². The third kappa shape index (κ3) is 6.68. The molecule has 1 aromatic heterocycles. The van der Waals surface area contributed by atoms with E-state index in [1.807, 2.05) is 79.2 Å². The molecule has 0 aliphatic rings. The number of amides is 2. The Balaban J connectivity index is 1.86. The van der Waals surface area contributed by atoms with Crippen molar-refractivity contribution in [1.82, 2.24) is 14.5 Å². The van der Waals surface area contributed by atoms with Gasteiger partial charge in [0.2, 0.25) is 17.8 Å². The maximum atomic E-state index is 13.0. The first-order valence-electron chi connectivity index (χ1n) is 11.3. The van der Waals surface area contributed by atoms with Crippen molar-refractivity contribution in [3.05, 3.63) is 60.8 Å². The van der Waals surface area contributed by atoms with Crippen LogP contribution in [0.3, 0.4) is 0 Å². The predicted octanol–water partition coefficient (Wildman–Crippen LogP) is 4.01. The minimum Gasteiger partial charge on any atom is -0.497 e. The van der Waals surface area contributed by atoms with E-state index in [4.69, 9.17) is 9.47 Å². The quantitative estimate of drug-likeness (QED) is 0.463. The average Bonchev–Trinajstić information content (AvgIpc) is 3.25. The summed E-state index contributed by atoms with van der Waals surface area (Å²) in [6.07, 6.45) is 2.25. The summed E-state index contributed by atoms with van der Waals surface area (Å²) in [5.41, 5.74) is 2.47. The lowest BCUT2D eigenvalue weighted by molar-refractivity contribution is -0.136. The van der Waals surface area contributed by atoms with Crippen LogP contribution in [-0.4, -0.2) is 60.2 Å². The van der Waals surface area contributed by atoms with E-state index in [0.717, 1.165) is 22.7 Å². The summed E-state index contributed by atoms with van der Waals surface area (Å²) in [5.74, 6) is 0.897. The average molecular weight is 465 g/mol. The zero-order valence-electron chi connectivity index (χ0n) is 20.2. The molecule has 0 aliphatic heterocycles. The van der Waals surface area contributed by atoms with Crippen LogP contribution in [0.1, 0.15) is 20.3 Å². The molecular weight excluding hydrogens is 432 g/mol. The summed E-state index contributed by atoms with van der Waals surface area (Å²) in [4.78, 5) is 31.8. The monoisotopic (exact) mass is 464 g/mol. The molecule has 3 aromatic rings. The fourth-order valence-corrected chi connectivity index (χ4v) is 3.47. The summed E-state index contributed by atoms with van der Waals surface area (Å²) in [6, 6.07) is 17.2. The van der Waals surface area contributed by atoms with E-state index in [-0.39, 0.29) is 24.3 Å². The van der Waals surface area contributed by atoms with E-state index in [2.05, 4.69) is 10.3 Å². The lowest BCUT2D eigenvalue weighted by Gasteiger charge is -2.22. The summed E-state index contributed by atoms with van der Waals surface area (Å²) >= 11 is 0. The molecule has 2 amide bonds. The van der Waals surface area contributed by atoms with E-state index < -0.39 is 0 Å². The topological polar surface area (TPSA) is 85.7 Å². The largest absolute Gasteiger partial charge is 0.497 e. The van der Waals surface area contributed by atoms with Crippen molar-refractivity contribution in [2.45, 2.75) is 20.3 Å². The summed E-state index contributed by atoms with van der Waals surface area (Å²) in [7, 11) is 3.18. The summed E-state index contributed by atoms with van der Waals surface area (Å²) in [6.45, 7) is 4.57. The first kappa shape index (κ1) is 25.0. The second-order valence-electron chi connectivity index (χ2n) is 8.34. The molecule has 0 spiro atoms. The molecule has 2 aromatic carbocycles. The Bertz CT molecular complexity index is 1080. The van der Waals surface area contributed by atoms with Gasteiger partial charge in [0.1, 0.15) is 12.3 Å². The number of nitrogens with one attached hydrogen (secondary N) is 1. The van der Waals surface area contributed by atoms with Gasteiger partial charge in [-0.05, 0) is 30.2 Å². The fraction of sp³-hybridized carbons (Fsp3) is 0.346. The lowest BCUT2D eigenvalue weighted by atomic mass is 10.1. The predicted molar refractivity (Wildman–Crippen MR) is 132 cm³/mol. The number of hydrogen-bond donors (Lipinski definition) is 1. The SMILES string of the molecule is COCCN(CC(=O)Nc1nc(-c2ccccc2)cn1-c1ccc(OC)cc1)C(=O)CC(C)C. The van der Waals surface area contributed by atoms with Crippen LogP contribution in [-0.2, 0) is 14.3 Å². The van der Waals surface area contributed by atoms with Gasteiger partial charge in [0.25, 0.3) is 0 Å². The van der Waals surface area contributed by atoms with Gasteiger partial charge in [-0.1, -0.05) is 44.2 Å². The van der Waals surface area contributed by atoms with E-state index in [9.17, 15) is 9.59 Å². The Hall–Kier alpha value is -3.65. The molecule has 0 bridgehead atoms. The number of anilines is 1. The minimum absolute atomic E-state index is 0.0781. The molecule has 0 saturated heterocycles. The highest BCUT2D eigenvalue weighted by Crippen LogP contribution is 2.25. The molecule has 0 atom stereocenters. The molecule has 8 heteroatoms. The zero-order valence-corrected chi connectivity index (χ0v) is 20.2. The van der Waals surface area contributed by atoms with Crippen molar-refractivity contribution >= 4 is 17.8 Å². The number of hydrogen-bond acceptors (Lipinski definition) is 5. The van der Waals surface area contributed by atoms with Crippen molar-refractivity contribution in [3.63, 3.8) is 0 Å². The lowest BCUT2D eigenvalue weighted by Crippen LogP contribution is -2.40. The molecule has 0 unspecified atom stereocenters. The van der Waals surface area contributed by atoms with Gasteiger partial charge in [-0.15, -0.1) is 0 Å². The van der Waals surface area contributed by atoms with Gasteiger partial charge >= 0.3 is 0 Å². The number of methoxy groups -OCH3 is 2. The third-order valence-electron chi connectivity index (χ3n) is 5.21.